The number of benzene rings is 1. The van der Waals surface area contributed by atoms with Gasteiger partial charge in [0, 0.05) is 33.3 Å². The molecule has 0 fully saturated rings. The van der Waals surface area contributed by atoms with Crippen molar-refractivity contribution in [1.29, 1.82) is 0 Å². The predicted molar refractivity (Wildman–Crippen MR) is 120 cm³/mol. The molecule has 154 valence electrons. The molecule has 1 amide bonds. The van der Waals surface area contributed by atoms with Gasteiger partial charge in [0.15, 0.2) is 5.96 Å². The molecule has 0 spiro atoms. The second-order valence-electron chi connectivity index (χ2n) is 6.24. The van der Waals surface area contributed by atoms with Crippen LogP contribution in [0.4, 0.5) is 0 Å². The Kier molecular flexibility index (Phi) is 10.5. The zero-order chi connectivity index (χ0) is 19.6. The van der Waals surface area contributed by atoms with E-state index in [-0.39, 0.29) is 36.4 Å². The van der Waals surface area contributed by atoms with Crippen molar-refractivity contribution in [2.45, 2.75) is 13.5 Å². The molecular weight excluding hydrogens is 473 g/mol. The van der Waals surface area contributed by atoms with Crippen molar-refractivity contribution in [3.05, 3.63) is 41.8 Å². The molecule has 2 rings (SSSR count). The molecule has 0 saturated carbocycles. The molecule has 0 aliphatic carbocycles. The Labute approximate surface area is 182 Å². The van der Waals surface area contributed by atoms with Gasteiger partial charge < -0.3 is 24.7 Å². The van der Waals surface area contributed by atoms with E-state index in [4.69, 9.17) is 9.15 Å². The molecular formula is C19H28IN5O3. The van der Waals surface area contributed by atoms with E-state index >= 15 is 0 Å². The van der Waals surface area contributed by atoms with Gasteiger partial charge in [-0.3, -0.25) is 4.79 Å². The third kappa shape index (κ3) is 7.85. The highest BCUT2D eigenvalue weighted by Gasteiger charge is 2.08. The number of methoxy groups -OCH3 is 1. The third-order valence-corrected chi connectivity index (χ3v) is 3.75. The van der Waals surface area contributed by atoms with Crippen molar-refractivity contribution in [3.8, 4) is 11.5 Å². The number of hydrogen-bond donors (Lipinski definition) is 2. The molecule has 0 bridgehead atoms. The highest BCUT2D eigenvalue weighted by Crippen LogP contribution is 2.19. The largest absolute Gasteiger partial charge is 0.444 e. The summed E-state index contributed by atoms with van der Waals surface area (Å²) in [5.41, 5.74) is 2.81. The van der Waals surface area contributed by atoms with E-state index in [1.807, 2.05) is 31.2 Å². The van der Waals surface area contributed by atoms with Gasteiger partial charge in [-0.2, -0.15) is 0 Å². The first kappa shape index (κ1) is 23.9. The summed E-state index contributed by atoms with van der Waals surface area (Å²) in [6.45, 7) is 3.62. The van der Waals surface area contributed by atoms with E-state index in [1.165, 1.54) is 10.5 Å². The molecule has 0 unspecified atom stereocenters. The van der Waals surface area contributed by atoms with Crippen molar-refractivity contribution in [2.75, 3.05) is 40.9 Å². The number of carbonyl (C=O) groups is 1. The van der Waals surface area contributed by atoms with Crippen LogP contribution >= 0.6 is 24.0 Å². The van der Waals surface area contributed by atoms with Gasteiger partial charge in [0.1, 0.15) is 12.0 Å². The van der Waals surface area contributed by atoms with Gasteiger partial charge in [0.2, 0.25) is 11.8 Å². The summed E-state index contributed by atoms with van der Waals surface area (Å²) in [7, 11) is 5.05. The molecule has 28 heavy (non-hydrogen) atoms. The number of nitrogens with one attached hydrogen (secondary N) is 2. The van der Waals surface area contributed by atoms with Crippen LogP contribution in [0.15, 0.2) is 39.9 Å². The second-order valence-corrected chi connectivity index (χ2v) is 6.24. The first-order chi connectivity index (χ1) is 13.0. The average Bonchev–Trinajstić information content (AvgIpc) is 3.12. The highest BCUT2D eigenvalue weighted by molar-refractivity contribution is 14.0. The Morgan fingerprint density at radius 3 is 2.61 bits per heavy atom. The van der Waals surface area contributed by atoms with Crippen LogP contribution < -0.4 is 10.6 Å². The number of nitrogens with zero attached hydrogens (tertiary/aromatic N) is 3. The van der Waals surface area contributed by atoms with Gasteiger partial charge in [-0.05, 0) is 19.1 Å². The first-order valence-electron chi connectivity index (χ1n) is 8.72. The Morgan fingerprint density at radius 2 is 1.96 bits per heavy atom. The minimum atomic E-state index is -0.0423. The summed E-state index contributed by atoms with van der Waals surface area (Å²) in [4.78, 5) is 22.2. The van der Waals surface area contributed by atoms with E-state index in [1.54, 1.807) is 27.5 Å². The molecule has 0 aliphatic heterocycles. The van der Waals surface area contributed by atoms with Crippen molar-refractivity contribution in [2.24, 2.45) is 4.99 Å². The quantitative estimate of drug-likeness (QED) is 0.249. The maximum absolute atomic E-state index is 11.8. The molecule has 9 heteroatoms. The molecule has 1 aromatic heterocycles. The smallest absolute Gasteiger partial charge is 0.241 e. The van der Waals surface area contributed by atoms with E-state index in [9.17, 15) is 4.79 Å². The number of carbonyl (C=O) groups excluding carboxylic acids is 1. The number of aromatic nitrogens is 1. The van der Waals surface area contributed by atoms with Crippen LogP contribution in [-0.2, 0) is 16.1 Å². The van der Waals surface area contributed by atoms with Gasteiger partial charge in [-0.25, -0.2) is 9.98 Å². The average molecular weight is 501 g/mol. The normalized spacial score (nSPS) is 10.9. The van der Waals surface area contributed by atoms with E-state index in [2.05, 4.69) is 20.6 Å². The summed E-state index contributed by atoms with van der Waals surface area (Å²) in [5.74, 6) is 1.03. The van der Waals surface area contributed by atoms with Crippen LogP contribution in [-0.4, -0.2) is 62.7 Å². The van der Waals surface area contributed by atoms with Crippen LogP contribution in [0.1, 0.15) is 11.3 Å². The Bertz CT molecular complexity index is 759. The number of halogens is 1. The highest BCUT2D eigenvalue weighted by atomic mass is 127. The fourth-order valence-corrected chi connectivity index (χ4v) is 2.13. The monoisotopic (exact) mass is 501 g/mol. The molecule has 0 saturated heterocycles. The standard InChI is InChI=1S/C19H27N5O3.HI/c1-14-5-7-15(8-6-14)18-23-16(13-27-18)11-21-19(20-9-10-26-4)22-12-17(25)24(2)3;/h5-8,13H,9-12H2,1-4H3,(H2,20,21,22);1H. The lowest BCUT2D eigenvalue weighted by Gasteiger charge is -2.14. The lowest BCUT2D eigenvalue weighted by molar-refractivity contribution is -0.127. The predicted octanol–water partition coefficient (Wildman–Crippen LogP) is 2.04. The van der Waals surface area contributed by atoms with E-state index < -0.39 is 0 Å². The zero-order valence-corrected chi connectivity index (χ0v) is 19.0. The molecule has 8 nitrogen and oxygen atoms in total. The number of guanidine groups is 1. The Balaban J connectivity index is 0.00000392. The van der Waals surface area contributed by atoms with Gasteiger partial charge in [-0.1, -0.05) is 17.7 Å². The number of hydrogen-bond acceptors (Lipinski definition) is 5. The zero-order valence-electron chi connectivity index (χ0n) is 16.7. The molecule has 1 heterocycles. The summed E-state index contributed by atoms with van der Waals surface area (Å²) >= 11 is 0. The number of likely N-dealkylation sites (N-methyl/N-ethyl adjacent to an activating group) is 1. The summed E-state index contributed by atoms with van der Waals surface area (Å²) < 4.78 is 10.6. The van der Waals surface area contributed by atoms with Crippen molar-refractivity contribution in [3.63, 3.8) is 0 Å². The van der Waals surface area contributed by atoms with Crippen molar-refractivity contribution >= 4 is 35.8 Å². The van der Waals surface area contributed by atoms with Crippen LogP contribution in [0.25, 0.3) is 11.5 Å². The lowest BCUT2D eigenvalue weighted by Crippen LogP contribution is -2.43. The topological polar surface area (TPSA) is 92.0 Å². The van der Waals surface area contributed by atoms with Crippen LogP contribution in [0.5, 0.6) is 0 Å². The Morgan fingerprint density at radius 1 is 1.25 bits per heavy atom. The SMILES string of the molecule is COCCNC(=NCc1coc(-c2ccc(C)cc2)n1)NCC(=O)N(C)C.I. The second kappa shape index (κ2) is 12.3. The number of aryl methyl sites for hydroxylation is 1. The summed E-state index contributed by atoms with van der Waals surface area (Å²) in [5, 5.41) is 6.12. The summed E-state index contributed by atoms with van der Waals surface area (Å²) in [6.07, 6.45) is 1.59. The van der Waals surface area contributed by atoms with E-state index in [0.29, 0.717) is 37.2 Å². The fourth-order valence-electron chi connectivity index (χ4n) is 2.13. The molecule has 1 aromatic carbocycles. The molecule has 2 aromatic rings. The maximum atomic E-state index is 11.8. The molecule has 0 aliphatic rings. The van der Waals surface area contributed by atoms with Gasteiger partial charge >= 0.3 is 0 Å². The van der Waals surface area contributed by atoms with Gasteiger partial charge in [0.05, 0.1) is 19.7 Å². The minimum absolute atomic E-state index is 0. The minimum Gasteiger partial charge on any atom is -0.444 e. The third-order valence-electron chi connectivity index (χ3n) is 3.75. The lowest BCUT2D eigenvalue weighted by atomic mass is 10.1. The maximum Gasteiger partial charge on any atom is 0.241 e. The van der Waals surface area contributed by atoms with Gasteiger partial charge in [-0.15, -0.1) is 24.0 Å². The van der Waals surface area contributed by atoms with Gasteiger partial charge in [0.25, 0.3) is 0 Å². The molecule has 0 radical (unpaired) electrons. The Hall–Kier alpha value is -2.14. The van der Waals surface area contributed by atoms with Crippen molar-refractivity contribution < 1.29 is 13.9 Å². The number of rotatable bonds is 8. The molecule has 2 N–H and O–H groups in total. The number of ether oxygens (including phenoxy) is 1. The van der Waals surface area contributed by atoms with Crippen LogP contribution in [0.3, 0.4) is 0 Å². The van der Waals surface area contributed by atoms with Crippen LogP contribution in [0, 0.1) is 6.92 Å². The fraction of sp³-hybridized carbons (Fsp3) is 0.421. The van der Waals surface area contributed by atoms with E-state index in [0.717, 1.165) is 5.56 Å². The number of aliphatic imine (C=N–C) groups is 1. The first-order valence-corrected chi connectivity index (χ1v) is 8.72. The summed E-state index contributed by atoms with van der Waals surface area (Å²) in [6, 6.07) is 7.97. The number of oxazole rings is 1. The van der Waals surface area contributed by atoms with Crippen LogP contribution in [0.2, 0.25) is 0 Å². The van der Waals surface area contributed by atoms with Crippen molar-refractivity contribution in [1.82, 2.24) is 20.5 Å². The number of amides is 1. The molecule has 0 atom stereocenters.